The Balaban J connectivity index is 1.80. The van der Waals surface area contributed by atoms with Crippen LogP contribution in [0.3, 0.4) is 0 Å². The van der Waals surface area contributed by atoms with Gasteiger partial charge in [0.2, 0.25) is 5.75 Å². The molecule has 0 fully saturated rings. The Hall–Kier alpha value is -3.22. The number of benzene rings is 2. The lowest BCUT2D eigenvalue weighted by Crippen LogP contribution is -2.33. The highest BCUT2D eigenvalue weighted by atomic mass is 16.5. The summed E-state index contributed by atoms with van der Waals surface area (Å²) in [6.07, 6.45) is 0. The predicted octanol–water partition coefficient (Wildman–Crippen LogP) is 3.62. The highest BCUT2D eigenvalue weighted by Gasteiger charge is 2.41. The first-order valence-corrected chi connectivity index (χ1v) is 9.65. The fourth-order valence-corrected chi connectivity index (χ4v) is 3.44. The van der Waals surface area contributed by atoms with Crippen molar-refractivity contribution in [2.24, 2.45) is 0 Å². The van der Waals surface area contributed by atoms with Crippen LogP contribution in [0.1, 0.15) is 36.7 Å². The van der Waals surface area contributed by atoms with Gasteiger partial charge in [-0.1, -0.05) is 32.9 Å². The van der Waals surface area contributed by atoms with Crippen molar-refractivity contribution >= 4 is 17.4 Å². The second kappa shape index (κ2) is 8.26. The molecule has 0 unspecified atom stereocenters. The van der Waals surface area contributed by atoms with Gasteiger partial charge in [0, 0.05) is 6.07 Å². The van der Waals surface area contributed by atoms with Crippen LogP contribution in [0, 0.1) is 0 Å². The van der Waals surface area contributed by atoms with E-state index < -0.39 is 11.7 Å². The third kappa shape index (κ3) is 3.79. The molecule has 1 amide bonds. The summed E-state index contributed by atoms with van der Waals surface area (Å²) in [5.41, 5.74) is 1.86. The maximum absolute atomic E-state index is 12.6. The van der Waals surface area contributed by atoms with Crippen molar-refractivity contribution in [3.8, 4) is 23.0 Å². The van der Waals surface area contributed by atoms with Crippen LogP contribution in [-0.2, 0) is 10.2 Å². The van der Waals surface area contributed by atoms with E-state index in [9.17, 15) is 9.59 Å². The molecule has 0 saturated heterocycles. The molecule has 1 heterocycles. The minimum Gasteiger partial charge on any atom is -0.493 e. The van der Waals surface area contributed by atoms with E-state index >= 15 is 0 Å². The predicted molar refractivity (Wildman–Crippen MR) is 113 cm³/mol. The zero-order chi connectivity index (χ0) is 22.1. The molecule has 2 aromatic rings. The number of methoxy groups -OCH3 is 3. The normalized spacial score (nSPS) is 13.3. The lowest BCUT2D eigenvalue weighted by Gasteiger charge is -2.20. The minimum absolute atomic E-state index is 0.0593. The summed E-state index contributed by atoms with van der Waals surface area (Å²) >= 11 is 0. The summed E-state index contributed by atoms with van der Waals surface area (Å²) in [6, 6.07) is 9.47. The number of hydrogen-bond acceptors (Lipinski definition) is 6. The van der Waals surface area contributed by atoms with Crippen LogP contribution < -0.4 is 23.8 Å². The first kappa shape index (κ1) is 21.5. The van der Waals surface area contributed by atoms with E-state index in [0.29, 0.717) is 17.2 Å². The standard InChI is InChI=1S/C23H27NO6/c1-23(2,3)14-7-9-15(10-8-14)30-12-11-24-16-13-17(27-4)20(28-5)21(29-6)18(16)19(25)22(24)26/h7-10,13H,11-12H2,1-6H3. The average Bonchev–Trinajstić information content (AvgIpc) is 2.96. The fraction of sp³-hybridized carbons (Fsp3) is 0.391. The molecule has 0 aromatic heterocycles. The Morgan fingerprint density at radius 2 is 1.53 bits per heavy atom. The summed E-state index contributed by atoms with van der Waals surface area (Å²) < 4.78 is 21.8. The molecule has 0 aliphatic carbocycles. The van der Waals surface area contributed by atoms with Gasteiger partial charge >= 0.3 is 0 Å². The van der Waals surface area contributed by atoms with E-state index in [4.69, 9.17) is 18.9 Å². The van der Waals surface area contributed by atoms with Crippen molar-refractivity contribution in [3.05, 3.63) is 41.5 Å². The quantitative estimate of drug-likeness (QED) is 0.646. The molecule has 1 aliphatic rings. The van der Waals surface area contributed by atoms with Crippen molar-refractivity contribution in [1.29, 1.82) is 0 Å². The molecule has 0 N–H and O–H groups in total. The zero-order valence-corrected chi connectivity index (χ0v) is 18.2. The van der Waals surface area contributed by atoms with Gasteiger partial charge in [0.05, 0.1) is 39.1 Å². The third-order valence-corrected chi connectivity index (χ3v) is 5.07. The van der Waals surface area contributed by atoms with E-state index in [0.717, 1.165) is 0 Å². The van der Waals surface area contributed by atoms with Gasteiger partial charge in [-0.05, 0) is 23.1 Å². The lowest BCUT2D eigenvalue weighted by molar-refractivity contribution is -0.114. The second-order valence-electron chi connectivity index (χ2n) is 7.95. The number of fused-ring (bicyclic) bond motifs is 1. The molecular formula is C23H27NO6. The van der Waals surface area contributed by atoms with Gasteiger partial charge < -0.3 is 23.8 Å². The highest BCUT2D eigenvalue weighted by Crippen LogP contribution is 2.47. The van der Waals surface area contributed by atoms with E-state index in [1.807, 2.05) is 24.3 Å². The number of ketones is 1. The molecule has 0 radical (unpaired) electrons. The first-order valence-electron chi connectivity index (χ1n) is 9.65. The lowest BCUT2D eigenvalue weighted by atomic mass is 9.87. The monoisotopic (exact) mass is 413 g/mol. The van der Waals surface area contributed by atoms with Gasteiger partial charge in [-0.2, -0.15) is 0 Å². The number of amides is 1. The van der Waals surface area contributed by atoms with Crippen LogP contribution in [0.5, 0.6) is 23.0 Å². The fourth-order valence-electron chi connectivity index (χ4n) is 3.44. The summed E-state index contributed by atoms with van der Waals surface area (Å²) in [7, 11) is 4.35. The Labute approximate surface area is 176 Å². The van der Waals surface area contributed by atoms with Crippen molar-refractivity contribution in [2.75, 3.05) is 39.4 Å². The van der Waals surface area contributed by atoms with Gasteiger partial charge in [-0.25, -0.2) is 0 Å². The molecule has 160 valence electrons. The Morgan fingerprint density at radius 1 is 0.900 bits per heavy atom. The van der Waals surface area contributed by atoms with Crippen LogP contribution in [0.15, 0.2) is 30.3 Å². The smallest absolute Gasteiger partial charge is 0.299 e. The van der Waals surface area contributed by atoms with Crippen LogP contribution >= 0.6 is 0 Å². The van der Waals surface area contributed by atoms with E-state index in [2.05, 4.69) is 20.8 Å². The van der Waals surface area contributed by atoms with Gasteiger partial charge in [0.15, 0.2) is 11.5 Å². The zero-order valence-electron chi connectivity index (χ0n) is 18.2. The van der Waals surface area contributed by atoms with Gasteiger partial charge in [-0.3, -0.25) is 9.59 Å². The first-order chi connectivity index (χ1) is 14.2. The SMILES string of the molecule is COc1cc2c(c(OC)c1OC)C(=O)C(=O)N2CCOc1ccc(C(C)(C)C)cc1. The minimum atomic E-state index is -0.641. The van der Waals surface area contributed by atoms with Crippen LogP contribution in [0.2, 0.25) is 0 Å². The van der Waals surface area contributed by atoms with Crippen molar-refractivity contribution in [3.63, 3.8) is 0 Å². The maximum atomic E-state index is 12.6. The van der Waals surface area contributed by atoms with Crippen molar-refractivity contribution < 1.29 is 28.5 Å². The third-order valence-electron chi connectivity index (χ3n) is 5.07. The number of ether oxygens (including phenoxy) is 4. The van der Waals surface area contributed by atoms with Gasteiger partial charge in [0.1, 0.15) is 12.4 Å². The summed E-state index contributed by atoms with van der Waals surface area (Å²) in [5, 5.41) is 0. The van der Waals surface area contributed by atoms with Crippen LogP contribution in [0.25, 0.3) is 0 Å². The second-order valence-corrected chi connectivity index (χ2v) is 7.95. The Morgan fingerprint density at radius 3 is 2.07 bits per heavy atom. The van der Waals surface area contributed by atoms with Crippen molar-refractivity contribution in [2.45, 2.75) is 26.2 Å². The van der Waals surface area contributed by atoms with E-state index in [1.54, 1.807) is 6.07 Å². The van der Waals surface area contributed by atoms with Crippen LogP contribution in [0.4, 0.5) is 5.69 Å². The van der Waals surface area contributed by atoms with Gasteiger partial charge in [-0.15, -0.1) is 0 Å². The Bertz CT molecular complexity index is 959. The number of carbonyl (C=O) groups excluding carboxylic acids is 2. The largest absolute Gasteiger partial charge is 0.493 e. The summed E-state index contributed by atoms with van der Waals surface area (Å²) in [4.78, 5) is 26.6. The maximum Gasteiger partial charge on any atom is 0.299 e. The van der Waals surface area contributed by atoms with Crippen molar-refractivity contribution in [1.82, 2.24) is 0 Å². The number of carbonyl (C=O) groups is 2. The average molecular weight is 413 g/mol. The Kier molecular flexibility index (Phi) is 5.92. The number of anilines is 1. The molecule has 7 heteroatoms. The summed E-state index contributed by atoms with van der Waals surface area (Å²) in [6.45, 7) is 6.87. The highest BCUT2D eigenvalue weighted by molar-refractivity contribution is 6.53. The molecule has 30 heavy (non-hydrogen) atoms. The number of rotatable bonds is 7. The topological polar surface area (TPSA) is 74.3 Å². The van der Waals surface area contributed by atoms with E-state index in [1.165, 1.54) is 31.8 Å². The molecule has 0 saturated carbocycles. The number of Topliss-reactive ketones (excluding diaryl/α,β-unsaturated/α-hetero) is 1. The molecular weight excluding hydrogens is 386 g/mol. The van der Waals surface area contributed by atoms with Crippen LogP contribution in [-0.4, -0.2) is 46.2 Å². The number of nitrogens with zero attached hydrogens (tertiary/aromatic N) is 1. The number of hydrogen-bond donors (Lipinski definition) is 0. The molecule has 1 aliphatic heterocycles. The molecule has 0 atom stereocenters. The molecule has 0 bridgehead atoms. The molecule has 0 spiro atoms. The molecule has 3 rings (SSSR count). The van der Waals surface area contributed by atoms with E-state index in [-0.39, 0.29) is 35.6 Å². The van der Waals surface area contributed by atoms with Gasteiger partial charge in [0.25, 0.3) is 11.7 Å². The molecule has 7 nitrogen and oxygen atoms in total. The summed E-state index contributed by atoms with van der Waals surface area (Å²) in [5.74, 6) is 0.260. The molecule has 2 aromatic carbocycles.